The molecule has 0 unspecified atom stereocenters. The van der Waals surface area contributed by atoms with Gasteiger partial charge in [0.1, 0.15) is 6.33 Å². The fraction of sp³-hybridized carbons (Fsp3) is 0.154. The van der Waals surface area contributed by atoms with Crippen molar-refractivity contribution in [2.24, 2.45) is 0 Å². The minimum absolute atomic E-state index is 0.233. The van der Waals surface area contributed by atoms with Crippen molar-refractivity contribution in [2.75, 3.05) is 12.0 Å². The van der Waals surface area contributed by atoms with Crippen LogP contribution < -0.4 is 16.5 Å². The number of benzene rings is 1. The van der Waals surface area contributed by atoms with Crippen LogP contribution in [0.25, 0.3) is 5.69 Å². The third-order valence-corrected chi connectivity index (χ3v) is 2.52. The van der Waals surface area contributed by atoms with Gasteiger partial charge >= 0.3 is 5.69 Å². The number of rotatable bonds is 5. The molecule has 0 radical (unpaired) electrons. The Kier molecular flexibility index (Phi) is 4.04. The molecule has 6 heteroatoms. The Hall–Kier alpha value is -2.47. The van der Waals surface area contributed by atoms with Crippen molar-refractivity contribution in [2.45, 2.75) is 6.92 Å². The van der Waals surface area contributed by atoms with E-state index in [1.54, 1.807) is 6.08 Å². The van der Waals surface area contributed by atoms with Crippen molar-refractivity contribution in [3.05, 3.63) is 59.3 Å². The number of anilines is 1. The van der Waals surface area contributed by atoms with Crippen LogP contribution in [0.1, 0.15) is 5.56 Å². The molecule has 0 amide bonds. The lowest BCUT2D eigenvalue weighted by Crippen LogP contribution is -2.28. The fourth-order valence-electron chi connectivity index (χ4n) is 1.60. The van der Waals surface area contributed by atoms with Crippen molar-refractivity contribution in [3.63, 3.8) is 0 Å². The zero-order chi connectivity index (χ0) is 13.7. The van der Waals surface area contributed by atoms with E-state index in [0.717, 1.165) is 11.3 Å². The average Bonchev–Trinajstić information content (AvgIpc) is 2.40. The first-order chi connectivity index (χ1) is 9.22. The topological polar surface area (TPSA) is 71.8 Å². The van der Waals surface area contributed by atoms with Gasteiger partial charge in [-0.15, -0.1) is 6.58 Å². The third kappa shape index (κ3) is 3.05. The largest absolute Gasteiger partial charge is 0.356 e. The van der Waals surface area contributed by atoms with Gasteiger partial charge in [-0.05, 0) is 18.6 Å². The predicted octanol–water partition coefficient (Wildman–Crippen LogP) is 1.04. The summed E-state index contributed by atoms with van der Waals surface area (Å²) >= 11 is 0. The molecule has 1 aromatic heterocycles. The summed E-state index contributed by atoms with van der Waals surface area (Å²) in [5, 5.41) is 0. The van der Waals surface area contributed by atoms with Crippen LogP contribution in [0, 0.1) is 6.92 Å². The van der Waals surface area contributed by atoms with E-state index >= 15 is 0 Å². The van der Waals surface area contributed by atoms with Crippen LogP contribution in [0.5, 0.6) is 0 Å². The number of aromatic nitrogens is 3. The summed E-state index contributed by atoms with van der Waals surface area (Å²) in [6.07, 6.45) is 3.14. The molecule has 0 spiro atoms. The predicted molar refractivity (Wildman–Crippen MR) is 74.2 cm³/mol. The zero-order valence-electron chi connectivity index (χ0n) is 10.6. The number of hydrazine groups is 1. The number of hydrogen-bond donors (Lipinski definition) is 2. The summed E-state index contributed by atoms with van der Waals surface area (Å²) in [6.45, 7) is 6.04. The van der Waals surface area contributed by atoms with Gasteiger partial charge in [0.2, 0.25) is 5.95 Å². The maximum atomic E-state index is 11.9. The molecular weight excluding hydrogens is 242 g/mol. The standard InChI is InChI=1S/C13H15N5O/c1-3-8-15-17-12-14-9-18(13(19)16-12)11-7-5-4-6-10(11)2/h3-7,9,15H,1,8H2,2H3,(H,16,17,19). The molecule has 2 aromatic rings. The smallest absolute Gasteiger partial charge is 0.289 e. The third-order valence-electron chi connectivity index (χ3n) is 2.52. The second-order valence-corrected chi connectivity index (χ2v) is 3.91. The molecule has 0 atom stereocenters. The van der Waals surface area contributed by atoms with E-state index in [4.69, 9.17) is 0 Å². The average molecular weight is 257 g/mol. The second kappa shape index (κ2) is 5.92. The lowest BCUT2D eigenvalue weighted by Gasteiger charge is -2.09. The highest BCUT2D eigenvalue weighted by atomic mass is 16.1. The molecule has 19 heavy (non-hydrogen) atoms. The molecule has 98 valence electrons. The number of hydrogen-bond acceptors (Lipinski definition) is 5. The van der Waals surface area contributed by atoms with Gasteiger partial charge in [0, 0.05) is 6.54 Å². The van der Waals surface area contributed by atoms with Crippen LogP contribution in [0.15, 0.2) is 48.0 Å². The van der Waals surface area contributed by atoms with Gasteiger partial charge in [-0.3, -0.25) is 9.99 Å². The van der Waals surface area contributed by atoms with Gasteiger partial charge in [0.25, 0.3) is 0 Å². The molecule has 0 saturated heterocycles. The molecule has 0 aliphatic heterocycles. The van der Waals surface area contributed by atoms with Crippen LogP contribution >= 0.6 is 0 Å². The SMILES string of the molecule is C=CCNNc1ncn(-c2ccccc2C)c(=O)n1. The minimum atomic E-state index is -0.382. The van der Waals surface area contributed by atoms with E-state index in [-0.39, 0.29) is 11.6 Å². The monoisotopic (exact) mass is 257 g/mol. The van der Waals surface area contributed by atoms with Gasteiger partial charge in [-0.25, -0.2) is 15.2 Å². The summed E-state index contributed by atoms with van der Waals surface area (Å²) in [5.74, 6) is 0.233. The van der Waals surface area contributed by atoms with Gasteiger partial charge in [-0.2, -0.15) is 4.98 Å². The van der Waals surface area contributed by atoms with E-state index in [2.05, 4.69) is 27.4 Å². The fourth-order valence-corrected chi connectivity index (χ4v) is 1.60. The van der Waals surface area contributed by atoms with E-state index in [9.17, 15) is 4.79 Å². The van der Waals surface area contributed by atoms with Crippen LogP contribution in [-0.4, -0.2) is 21.1 Å². The first-order valence-electron chi connectivity index (χ1n) is 5.84. The lowest BCUT2D eigenvalue weighted by atomic mass is 10.2. The molecule has 0 bridgehead atoms. The molecule has 0 fully saturated rings. The van der Waals surface area contributed by atoms with Crippen molar-refractivity contribution in [1.82, 2.24) is 20.0 Å². The molecule has 0 aliphatic rings. The molecule has 2 rings (SSSR count). The normalized spacial score (nSPS) is 10.2. The maximum absolute atomic E-state index is 11.9. The van der Waals surface area contributed by atoms with E-state index < -0.39 is 0 Å². The Morgan fingerprint density at radius 2 is 2.21 bits per heavy atom. The quantitative estimate of drug-likeness (QED) is 0.475. The Bertz CT molecular complexity index is 635. The number of nitrogens with zero attached hydrogens (tertiary/aromatic N) is 3. The van der Waals surface area contributed by atoms with Gasteiger partial charge < -0.3 is 0 Å². The molecule has 0 saturated carbocycles. The van der Waals surface area contributed by atoms with E-state index in [1.807, 2.05) is 31.2 Å². The summed E-state index contributed by atoms with van der Waals surface area (Å²) in [6, 6.07) is 7.56. The number of para-hydroxylation sites is 1. The van der Waals surface area contributed by atoms with Gasteiger partial charge in [-0.1, -0.05) is 24.3 Å². The summed E-state index contributed by atoms with van der Waals surface area (Å²) < 4.78 is 1.41. The summed E-state index contributed by atoms with van der Waals surface area (Å²) in [4.78, 5) is 19.9. The van der Waals surface area contributed by atoms with Crippen LogP contribution in [0.4, 0.5) is 5.95 Å². The lowest BCUT2D eigenvalue weighted by molar-refractivity contribution is 0.813. The van der Waals surface area contributed by atoms with Crippen LogP contribution in [-0.2, 0) is 0 Å². The highest BCUT2D eigenvalue weighted by molar-refractivity contribution is 5.39. The molecule has 0 aliphatic carbocycles. The van der Waals surface area contributed by atoms with Gasteiger partial charge in [0.15, 0.2) is 0 Å². The first-order valence-corrected chi connectivity index (χ1v) is 5.84. The van der Waals surface area contributed by atoms with Crippen LogP contribution in [0.3, 0.4) is 0 Å². The highest BCUT2D eigenvalue weighted by Gasteiger charge is 2.05. The Labute approximate surface area is 110 Å². The Balaban J connectivity index is 2.27. The van der Waals surface area contributed by atoms with Crippen LogP contribution in [0.2, 0.25) is 0 Å². The number of nitrogens with one attached hydrogen (secondary N) is 2. The number of aryl methyl sites for hydroxylation is 1. The van der Waals surface area contributed by atoms with Crippen molar-refractivity contribution in [1.29, 1.82) is 0 Å². The van der Waals surface area contributed by atoms with Crippen molar-refractivity contribution >= 4 is 5.95 Å². The molecule has 1 heterocycles. The van der Waals surface area contributed by atoms with Crippen molar-refractivity contribution < 1.29 is 0 Å². The molecular formula is C13H15N5O. The molecule has 2 N–H and O–H groups in total. The highest BCUT2D eigenvalue weighted by Crippen LogP contribution is 2.10. The Morgan fingerprint density at radius 1 is 1.42 bits per heavy atom. The first kappa shape index (κ1) is 13.0. The minimum Gasteiger partial charge on any atom is -0.289 e. The summed E-state index contributed by atoms with van der Waals surface area (Å²) in [7, 11) is 0. The van der Waals surface area contributed by atoms with Gasteiger partial charge in [0.05, 0.1) is 5.69 Å². The van der Waals surface area contributed by atoms with E-state index in [0.29, 0.717) is 6.54 Å². The Morgan fingerprint density at radius 3 is 2.89 bits per heavy atom. The summed E-state index contributed by atoms with van der Waals surface area (Å²) in [5.41, 5.74) is 6.91. The molecule has 1 aromatic carbocycles. The van der Waals surface area contributed by atoms with Crippen molar-refractivity contribution in [3.8, 4) is 5.69 Å². The molecule has 6 nitrogen and oxygen atoms in total. The van der Waals surface area contributed by atoms with E-state index in [1.165, 1.54) is 10.9 Å². The maximum Gasteiger partial charge on any atom is 0.356 e. The zero-order valence-corrected chi connectivity index (χ0v) is 10.6. The second-order valence-electron chi connectivity index (χ2n) is 3.91.